The van der Waals surface area contributed by atoms with Crippen LogP contribution in [-0.4, -0.2) is 64.8 Å². The Morgan fingerprint density at radius 2 is 1.74 bits per heavy atom. The van der Waals surface area contributed by atoms with Crippen molar-refractivity contribution in [1.82, 2.24) is 9.55 Å². The predicted octanol–water partition coefficient (Wildman–Crippen LogP) is -6.66. The van der Waals surface area contributed by atoms with Crippen molar-refractivity contribution in [2.24, 2.45) is 0 Å². The molecule has 1 saturated heterocycles. The molecule has 2 heterocycles. The number of nitrogen functional groups attached to an aromatic ring is 1. The van der Waals surface area contributed by atoms with Crippen molar-refractivity contribution in [3.8, 4) is 0 Å². The first kappa shape index (κ1) is 30.9. The van der Waals surface area contributed by atoms with Crippen LogP contribution in [0.1, 0.15) is 6.23 Å². The summed E-state index contributed by atoms with van der Waals surface area (Å²) in [7, 11) is -17.1. The molecule has 7 atom stereocenters. The minimum atomic E-state index is -5.80. The Morgan fingerprint density at radius 1 is 1.16 bits per heavy atom. The van der Waals surface area contributed by atoms with Gasteiger partial charge in [-0.05, 0) is 6.07 Å². The van der Waals surface area contributed by atoms with Crippen molar-refractivity contribution >= 4 is 29.3 Å². The molecule has 0 spiro atoms. The van der Waals surface area contributed by atoms with Crippen LogP contribution in [0.3, 0.4) is 0 Å². The molecule has 0 saturated carbocycles. The van der Waals surface area contributed by atoms with Gasteiger partial charge in [0.1, 0.15) is 24.1 Å². The average Bonchev–Trinajstić information content (AvgIpc) is 2.78. The molecule has 1 fully saturated rings. The van der Waals surface area contributed by atoms with Gasteiger partial charge in [0.25, 0.3) is 7.82 Å². The van der Waals surface area contributed by atoms with E-state index in [0.717, 1.165) is 10.8 Å². The summed E-state index contributed by atoms with van der Waals surface area (Å²) in [4.78, 5) is 52.3. The molecule has 1 aliphatic heterocycles. The second kappa shape index (κ2) is 11.4. The summed E-state index contributed by atoms with van der Waals surface area (Å²) >= 11 is 0. The van der Waals surface area contributed by atoms with E-state index in [-0.39, 0.29) is 40.9 Å². The molecule has 3 unspecified atom stereocenters. The number of nitrogens with zero attached hydrogens (tertiary/aromatic N) is 2. The number of rotatable bonds is 8. The van der Waals surface area contributed by atoms with E-state index in [2.05, 4.69) is 18.1 Å². The van der Waals surface area contributed by atoms with Crippen LogP contribution in [0.4, 0.5) is 5.82 Å². The average molecular weight is 523 g/mol. The van der Waals surface area contributed by atoms with Gasteiger partial charge in [-0.2, -0.15) is 9.29 Å². The monoisotopic (exact) mass is 523 g/mol. The van der Waals surface area contributed by atoms with Gasteiger partial charge in [0.2, 0.25) is 0 Å². The van der Waals surface area contributed by atoms with E-state index < -0.39 is 60.3 Å². The Morgan fingerprint density at radius 3 is 2.26 bits per heavy atom. The van der Waals surface area contributed by atoms with Gasteiger partial charge in [0.15, 0.2) is 6.23 Å². The molecule has 9 N–H and O–H groups in total. The summed E-state index contributed by atoms with van der Waals surface area (Å²) in [6, 6.07) is 1.19. The van der Waals surface area contributed by atoms with Crippen LogP contribution >= 0.6 is 23.5 Å². The number of phosphoric ester groups is 1. The van der Waals surface area contributed by atoms with Gasteiger partial charge in [-0.3, -0.25) is 13.7 Å². The largest absolute Gasteiger partial charge is 1.00 e. The summed E-state index contributed by atoms with van der Waals surface area (Å²) in [5, 5.41) is 20.0. The first-order valence-electron chi connectivity index (χ1n) is 7.23. The third-order valence-corrected chi connectivity index (χ3v) is 7.05. The van der Waals surface area contributed by atoms with E-state index in [0.29, 0.717) is 0 Å². The maximum Gasteiger partial charge on any atom is 1.00 e. The molecule has 1 aliphatic rings. The fourth-order valence-electron chi connectivity index (χ4n) is 2.18. The van der Waals surface area contributed by atoms with Crippen LogP contribution in [0.2, 0.25) is 0 Å². The first-order chi connectivity index (χ1) is 13.1. The Bertz CT molecular complexity index is 953. The number of anilines is 1. The molecule has 0 bridgehead atoms. The summed E-state index contributed by atoms with van der Waals surface area (Å²) in [5.74, 6) is -0.126. The molecular formula is C9H17N3NaO15P3. The summed E-state index contributed by atoms with van der Waals surface area (Å²) in [6.07, 6.45) is -5.43. The Labute approximate surface area is 194 Å². The van der Waals surface area contributed by atoms with Crippen molar-refractivity contribution in [1.29, 1.82) is 0 Å². The number of aliphatic hydroxyl groups excluding tert-OH is 2. The van der Waals surface area contributed by atoms with Crippen LogP contribution in [0.5, 0.6) is 0 Å². The molecule has 2 rings (SSSR count). The van der Waals surface area contributed by atoms with E-state index in [1.54, 1.807) is 0 Å². The number of hydrogen-bond acceptors (Lipinski definition) is 13. The van der Waals surface area contributed by atoms with Crippen LogP contribution in [0.15, 0.2) is 17.1 Å². The first-order valence-corrected chi connectivity index (χ1v) is 11.7. The molecule has 0 amide bonds. The number of ether oxygens (including phenoxy) is 1. The number of phosphoric acid groups is 3. The van der Waals surface area contributed by atoms with Gasteiger partial charge in [0.05, 0.1) is 6.61 Å². The van der Waals surface area contributed by atoms with Crippen molar-refractivity contribution < 1.29 is 96.4 Å². The summed E-state index contributed by atoms with van der Waals surface area (Å²) in [5.41, 5.74) is 4.38. The van der Waals surface area contributed by atoms with Crippen molar-refractivity contribution in [3.63, 3.8) is 0 Å². The standard InChI is InChI=1S/C9H16N3O14P3.Na.H2O/c10-5-1-2-12(9(15)11-5)8-7(14)6(13)4(24-8)3-23-28(19,20)26-29(21,22)25-27(16,17)18;;/h1-2,4,6-8,13-14H,3H2,(H,19,20)(H,21,22)(H2,10,11,15)(H2,16,17,18);;1H2/q;+1;/p-1/t4-,6-,7-,8-;;/m1../s1. The molecule has 0 radical (unpaired) electrons. The van der Waals surface area contributed by atoms with Gasteiger partial charge in [-0.15, -0.1) is 0 Å². The number of aliphatic hydroxyl groups is 2. The van der Waals surface area contributed by atoms with Crippen molar-refractivity contribution in [2.75, 3.05) is 12.3 Å². The SMILES string of the molecule is Nc1ccn([C@@H]2O[C@H](COP(=O)(O)OP(=O)(O)OP(=O)([O-])O)[C@@H](O)[C@H]2O)c(=O)n1.O.[Na+]. The topological polar surface area (TPSA) is 305 Å². The van der Waals surface area contributed by atoms with E-state index >= 15 is 0 Å². The second-order valence-electron chi connectivity index (χ2n) is 5.45. The molecule has 0 aliphatic carbocycles. The fourth-order valence-corrected chi connectivity index (χ4v) is 5.18. The van der Waals surface area contributed by atoms with Crippen molar-refractivity contribution in [3.05, 3.63) is 22.7 Å². The van der Waals surface area contributed by atoms with Crippen LogP contribution < -0.4 is 45.9 Å². The van der Waals surface area contributed by atoms with Crippen molar-refractivity contribution in [2.45, 2.75) is 24.5 Å². The molecule has 0 aromatic carbocycles. The van der Waals surface area contributed by atoms with E-state index in [1.807, 2.05) is 0 Å². The molecular weight excluding hydrogens is 506 g/mol. The Balaban J connectivity index is 0.00000450. The molecule has 1 aromatic rings. The number of aromatic nitrogens is 2. The number of nitrogens with two attached hydrogens (primary N) is 1. The van der Waals surface area contributed by atoms with Crippen LogP contribution in [0.25, 0.3) is 0 Å². The normalized spacial score (nSPS) is 29.0. The van der Waals surface area contributed by atoms with Gasteiger partial charge < -0.3 is 45.7 Å². The molecule has 1 aromatic heterocycles. The smallest absolute Gasteiger partial charge is 0.756 e. The second-order valence-corrected chi connectivity index (χ2v) is 9.83. The van der Waals surface area contributed by atoms with Crippen LogP contribution in [-0.2, 0) is 31.6 Å². The third-order valence-electron chi connectivity index (χ3n) is 3.28. The predicted molar refractivity (Wildman–Crippen MR) is 90.0 cm³/mol. The zero-order valence-corrected chi connectivity index (χ0v) is 20.1. The van der Waals surface area contributed by atoms with E-state index in [1.165, 1.54) is 6.07 Å². The zero-order valence-electron chi connectivity index (χ0n) is 15.4. The van der Waals surface area contributed by atoms with Crippen LogP contribution in [0, 0.1) is 0 Å². The van der Waals surface area contributed by atoms with E-state index in [9.17, 15) is 38.5 Å². The van der Waals surface area contributed by atoms with Gasteiger partial charge in [0, 0.05) is 6.20 Å². The number of hydrogen-bond donors (Lipinski definition) is 6. The Hall–Kier alpha value is -0.0700. The maximum atomic E-state index is 11.8. The zero-order chi connectivity index (χ0) is 22.2. The minimum Gasteiger partial charge on any atom is -0.756 e. The maximum absolute atomic E-state index is 11.8. The van der Waals surface area contributed by atoms with Gasteiger partial charge in [-0.1, -0.05) is 0 Å². The minimum absolute atomic E-state index is 0. The quantitative estimate of drug-likeness (QED) is 0.136. The van der Waals surface area contributed by atoms with Gasteiger partial charge >= 0.3 is 50.9 Å². The molecule has 31 heavy (non-hydrogen) atoms. The summed E-state index contributed by atoms with van der Waals surface area (Å²) < 4.78 is 50.4. The Kier molecular flexibility index (Phi) is 11.3. The molecule has 18 nitrogen and oxygen atoms in total. The fraction of sp³-hybridized carbons (Fsp3) is 0.556. The van der Waals surface area contributed by atoms with E-state index in [4.69, 9.17) is 20.3 Å². The van der Waals surface area contributed by atoms with Gasteiger partial charge in [-0.25, -0.2) is 18.2 Å². The third kappa shape index (κ3) is 9.00. The summed E-state index contributed by atoms with van der Waals surface area (Å²) in [6.45, 7) is -1.03. The molecule has 22 heteroatoms. The molecule has 174 valence electrons.